The van der Waals surface area contributed by atoms with Crippen LogP contribution in [0.4, 0.5) is 4.79 Å². The summed E-state index contributed by atoms with van der Waals surface area (Å²) in [6.07, 6.45) is 2.32. The maximum Gasteiger partial charge on any atom is 0.407 e. The zero-order valence-electron chi connectivity index (χ0n) is 17.0. The summed E-state index contributed by atoms with van der Waals surface area (Å²) in [5, 5.41) is 30.4. The summed E-state index contributed by atoms with van der Waals surface area (Å²) in [5.74, 6) is 0.222. The molecule has 2 aromatic carbocycles. The van der Waals surface area contributed by atoms with Crippen molar-refractivity contribution in [1.82, 2.24) is 14.8 Å². The summed E-state index contributed by atoms with van der Waals surface area (Å²) >= 11 is 0. The third-order valence-electron chi connectivity index (χ3n) is 5.94. The highest BCUT2D eigenvalue weighted by molar-refractivity contribution is 6.15. The van der Waals surface area contributed by atoms with E-state index in [9.17, 15) is 19.8 Å². The van der Waals surface area contributed by atoms with E-state index in [1.807, 2.05) is 11.0 Å². The van der Waals surface area contributed by atoms with Crippen LogP contribution in [0.25, 0.3) is 17.0 Å². The van der Waals surface area contributed by atoms with Crippen LogP contribution in [0.2, 0.25) is 0 Å². The van der Waals surface area contributed by atoms with Crippen LogP contribution < -0.4 is 4.74 Å². The molecular formula is C23H21N3O6. The number of nitrogens with zero attached hydrogens (tertiary/aromatic N) is 2. The van der Waals surface area contributed by atoms with Gasteiger partial charge < -0.3 is 29.9 Å². The lowest BCUT2D eigenvalue weighted by Gasteiger charge is -2.33. The number of Topliss-reactive ketones (excluding diaryl/α,β-unsaturated/α-hetero) is 1. The molecule has 164 valence electrons. The topological polar surface area (TPSA) is 126 Å². The average Bonchev–Trinajstić information content (AvgIpc) is 3.33. The third-order valence-corrected chi connectivity index (χ3v) is 5.94. The monoisotopic (exact) mass is 435 g/mol. The minimum Gasteiger partial charge on any atom is -0.507 e. The Morgan fingerprint density at radius 1 is 1.09 bits per heavy atom. The van der Waals surface area contributed by atoms with Crippen molar-refractivity contribution in [3.05, 3.63) is 59.0 Å². The molecule has 0 aliphatic carbocycles. The SMILES string of the molecule is O=C1C(=Cc2c[nH]c3cccc(O)c23)Oc2c1ccc(O)c2CN1CCN(C(=O)O)CC1. The lowest BCUT2D eigenvalue weighted by atomic mass is 10.0. The Morgan fingerprint density at radius 2 is 1.88 bits per heavy atom. The number of H-pyrrole nitrogens is 1. The van der Waals surface area contributed by atoms with Gasteiger partial charge in [0.1, 0.15) is 17.2 Å². The smallest absolute Gasteiger partial charge is 0.407 e. The Bertz CT molecular complexity index is 1270. The fraction of sp³-hybridized carbons (Fsp3) is 0.217. The molecule has 2 aliphatic heterocycles. The lowest BCUT2D eigenvalue weighted by Crippen LogP contribution is -2.47. The zero-order chi connectivity index (χ0) is 22.4. The maximum absolute atomic E-state index is 13.0. The molecule has 0 bridgehead atoms. The van der Waals surface area contributed by atoms with Crippen LogP contribution in [0.3, 0.4) is 0 Å². The van der Waals surface area contributed by atoms with E-state index in [2.05, 4.69) is 4.98 Å². The Hall–Kier alpha value is -3.98. The number of fused-ring (bicyclic) bond motifs is 2. The predicted octanol–water partition coefficient (Wildman–Crippen LogP) is 2.99. The first-order valence-corrected chi connectivity index (χ1v) is 10.2. The second-order valence-electron chi connectivity index (χ2n) is 7.87. The van der Waals surface area contributed by atoms with Gasteiger partial charge in [-0.25, -0.2) is 4.79 Å². The van der Waals surface area contributed by atoms with Gasteiger partial charge in [0.15, 0.2) is 5.76 Å². The van der Waals surface area contributed by atoms with E-state index in [-0.39, 0.29) is 23.0 Å². The van der Waals surface area contributed by atoms with Gasteiger partial charge in [0, 0.05) is 55.4 Å². The molecule has 3 aromatic rings. The van der Waals surface area contributed by atoms with Gasteiger partial charge in [0.2, 0.25) is 5.78 Å². The highest BCUT2D eigenvalue weighted by Crippen LogP contribution is 2.41. The number of aromatic hydroxyl groups is 2. The second-order valence-corrected chi connectivity index (χ2v) is 7.87. The van der Waals surface area contributed by atoms with Gasteiger partial charge in [-0.15, -0.1) is 0 Å². The van der Waals surface area contributed by atoms with E-state index in [1.165, 1.54) is 17.0 Å². The summed E-state index contributed by atoms with van der Waals surface area (Å²) in [6.45, 7) is 2.11. The number of phenolic OH excluding ortho intramolecular Hbond substituents is 2. The van der Waals surface area contributed by atoms with Crippen LogP contribution in [0, 0.1) is 0 Å². The molecule has 1 amide bonds. The van der Waals surface area contributed by atoms with E-state index >= 15 is 0 Å². The van der Waals surface area contributed by atoms with Gasteiger partial charge in [-0.05, 0) is 30.3 Å². The highest BCUT2D eigenvalue weighted by Gasteiger charge is 2.32. The molecule has 0 saturated carbocycles. The van der Waals surface area contributed by atoms with E-state index in [0.717, 1.165) is 5.52 Å². The van der Waals surface area contributed by atoms with Gasteiger partial charge >= 0.3 is 6.09 Å². The molecule has 0 radical (unpaired) electrons. The Morgan fingerprint density at radius 3 is 2.62 bits per heavy atom. The number of nitrogens with one attached hydrogen (secondary N) is 1. The van der Waals surface area contributed by atoms with Gasteiger partial charge in [-0.2, -0.15) is 0 Å². The van der Waals surface area contributed by atoms with Crippen molar-refractivity contribution in [2.24, 2.45) is 0 Å². The fourth-order valence-corrected chi connectivity index (χ4v) is 4.22. The van der Waals surface area contributed by atoms with Gasteiger partial charge in [0.25, 0.3) is 0 Å². The number of carbonyl (C=O) groups excluding carboxylic acids is 1. The van der Waals surface area contributed by atoms with Crippen molar-refractivity contribution >= 4 is 28.9 Å². The molecular weight excluding hydrogens is 414 g/mol. The molecule has 0 atom stereocenters. The Kier molecular flexibility index (Phi) is 4.75. The van der Waals surface area contributed by atoms with Crippen molar-refractivity contribution in [2.75, 3.05) is 26.2 Å². The van der Waals surface area contributed by atoms with Crippen molar-refractivity contribution in [3.63, 3.8) is 0 Å². The van der Waals surface area contributed by atoms with Crippen molar-refractivity contribution in [3.8, 4) is 17.2 Å². The van der Waals surface area contributed by atoms with Crippen molar-refractivity contribution in [2.45, 2.75) is 6.54 Å². The van der Waals surface area contributed by atoms with E-state index < -0.39 is 6.09 Å². The van der Waals surface area contributed by atoms with Crippen LogP contribution >= 0.6 is 0 Å². The number of amides is 1. The number of allylic oxidation sites excluding steroid dienone is 1. The number of hydrogen-bond donors (Lipinski definition) is 4. The number of phenols is 2. The first-order chi connectivity index (χ1) is 15.4. The third kappa shape index (κ3) is 3.32. The average molecular weight is 435 g/mol. The molecule has 0 spiro atoms. The summed E-state index contributed by atoms with van der Waals surface area (Å²) in [7, 11) is 0. The predicted molar refractivity (Wildman–Crippen MR) is 116 cm³/mol. The number of carbonyl (C=O) groups is 2. The number of aromatic nitrogens is 1. The normalized spacial score (nSPS) is 17.7. The van der Waals surface area contributed by atoms with Gasteiger partial charge in [-0.1, -0.05) is 6.07 Å². The van der Waals surface area contributed by atoms with Gasteiger partial charge in [0.05, 0.1) is 11.1 Å². The fourth-order valence-electron chi connectivity index (χ4n) is 4.22. The quantitative estimate of drug-likeness (QED) is 0.466. The van der Waals surface area contributed by atoms with E-state index in [0.29, 0.717) is 60.5 Å². The molecule has 3 heterocycles. The number of hydrogen-bond acceptors (Lipinski definition) is 6. The molecule has 0 unspecified atom stereocenters. The summed E-state index contributed by atoms with van der Waals surface area (Å²) in [4.78, 5) is 30.5. The largest absolute Gasteiger partial charge is 0.507 e. The number of carboxylic acid groups (broad SMARTS) is 1. The molecule has 5 rings (SSSR count). The Labute approximate surface area is 182 Å². The van der Waals surface area contributed by atoms with Crippen LogP contribution in [-0.4, -0.2) is 68.2 Å². The van der Waals surface area contributed by atoms with Crippen molar-refractivity contribution < 1.29 is 29.6 Å². The molecule has 1 aromatic heterocycles. The van der Waals surface area contributed by atoms with Crippen molar-refractivity contribution in [1.29, 1.82) is 0 Å². The van der Waals surface area contributed by atoms with E-state index in [4.69, 9.17) is 9.84 Å². The number of benzene rings is 2. The van der Waals surface area contributed by atoms with E-state index in [1.54, 1.807) is 24.4 Å². The molecule has 9 nitrogen and oxygen atoms in total. The maximum atomic E-state index is 13.0. The number of rotatable bonds is 3. The highest BCUT2D eigenvalue weighted by atomic mass is 16.5. The van der Waals surface area contributed by atoms with Crippen LogP contribution in [-0.2, 0) is 6.54 Å². The lowest BCUT2D eigenvalue weighted by molar-refractivity contribution is 0.101. The standard InChI is InChI=1S/C23H21N3O6/c27-17-5-4-14-21(29)19(10-13-11-24-16-2-1-3-18(28)20(13)16)32-22(14)15(17)12-25-6-8-26(9-7-25)23(30)31/h1-5,10-11,24,27-28H,6-9,12H2,(H,30,31). The minimum absolute atomic E-state index is 0.0169. The molecule has 9 heteroatoms. The summed E-state index contributed by atoms with van der Waals surface area (Å²) in [5.41, 5.74) is 2.20. The van der Waals surface area contributed by atoms with Gasteiger partial charge in [-0.3, -0.25) is 9.69 Å². The molecule has 1 saturated heterocycles. The summed E-state index contributed by atoms with van der Waals surface area (Å²) < 4.78 is 5.92. The summed E-state index contributed by atoms with van der Waals surface area (Å²) in [6, 6.07) is 8.13. The number of aromatic amines is 1. The molecule has 2 aliphatic rings. The number of ketones is 1. The second kappa shape index (κ2) is 7.61. The zero-order valence-corrected chi connectivity index (χ0v) is 17.0. The number of piperazine rings is 1. The molecule has 4 N–H and O–H groups in total. The number of ether oxygens (including phenoxy) is 1. The minimum atomic E-state index is -0.944. The molecule has 1 fully saturated rings. The molecule has 32 heavy (non-hydrogen) atoms. The van der Waals surface area contributed by atoms with Crippen LogP contribution in [0.5, 0.6) is 17.2 Å². The first kappa shape index (κ1) is 20.0. The van der Waals surface area contributed by atoms with Crippen LogP contribution in [0.1, 0.15) is 21.5 Å². The van der Waals surface area contributed by atoms with Crippen LogP contribution in [0.15, 0.2) is 42.3 Å². The Balaban J connectivity index is 1.44. The first-order valence-electron chi connectivity index (χ1n) is 10.2.